The van der Waals surface area contributed by atoms with Crippen molar-refractivity contribution >= 4 is 17.9 Å². The predicted octanol–water partition coefficient (Wildman–Crippen LogP) is 4.65. The Morgan fingerprint density at radius 1 is 1.30 bits per heavy atom. The molecule has 5 nitrogen and oxygen atoms in total. The number of pyridine rings is 1. The van der Waals surface area contributed by atoms with E-state index in [2.05, 4.69) is 17.2 Å². The molecule has 23 heavy (non-hydrogen) atoms. The summed E-state index contributed by atoms with van der Waals surface area (Å²) in [5, 5.41) is 2.78. The molecule has 0 saturated carbocycles. The van der Waals surface area contributed by atoms with E-state index in [9.17, 15) is 4.79 Å². The van der Waals surface area contributed by atoms with Gasteiger partial charge in [-0.1, -0.05) is 26.2 Å². The van der Waals surface area contributed by atoms with Crippen LogP contribution in [0.1, 0.15) is 53.4 Å². The number of amides is 1. The molecule has 1 aromatic heterocycles. The van der Waals surface area contributed by atoms with E-state index in [1.165, 1.54) is 26.4 Å². The minimum Gasteiger partial charge on any atom is -0.478 e. The Morgan fingerprint density at radius 3 is 2.65 bits per heavy atom. The fourth-order valence-electron chi connectivity index (χ4n) is 1.90. The van der Waals surface area contributed by atoms with Gasteiger partial charge >= 0.3 is 6.09 Å². The topological polar surface area (TPSA) is 60.5 Å². The highest BCUT2D eigenvalue weighted by Gasteiger charge is 2.20. The van der Waals surface area contributed by atoms with Gasteiger partial charge in [0.05, 0.1) is 12.0 Å². The summed E-state index contributed by atoms with van der Waals surface area (Å²) in [4.78, 5) is 17.0. The number of aromatic nitrogens is 1. The average molecular weight is 340 g/mol. The molecule has 0 unspecified atom stereocenters. The van der Waals surface area contributed by atoms with Crippen molar-refractivity contribution in [1.29, 1.82) is 0 Å². The van der Waals surface area contributed by atoms with Crippen molar-refractivity contribution in [3.8, 4) is 11.6 Å². The van der Waals surface area contributed by atoms with Crippen molar-refractivity contribution in [3.63, 3.8) is 0 Å². The molecule has 1 amide bonds. The number of carbonyl (C=O) groups excluding carboxylic acids is 1. The van der Waals surface area contributed by atoms with Crippen molar-refractivity contribution in [1.82, 2.24) is 10.3 Å². The number of unbranched alkanes of at least 4 members (excludes halogenated alkanes) is 3. The summed E-state index contributed by atoms with van der Waals surface area (Å²) in [6.07, 6.45) is 5.98. The number of ether oxygens (including phenoxy) is 2. The van der Waals surface area contributed by atoms with E-state index in [0.717, 1.165) is 17.1 Å². The molecule has 0 fully saturated rings. The Labute approximate surface area is 143 Å². The lowest BCUT2D eigenvalue weighted by molar-refractivity contribution is 0.187. The lowest BCUT2D eigenvalue weighted by Gasteiger charge is -2.20. The van der Waals surface area contributed by atoms with Crippen LogP contribution in [0.5, 0.6) is 11.6 Å². The van der Waals surface area contributed by atoms with Gasteiger partial charge < -0.3 is 14.8 Å². The van der Waals surface area contributed by atoms with Crippen molar-refractivity contribution in [2.24, 2.45) is 0 Å². The number of thioether (sulfide) groups is 1. The normalized spacial score (nSPS) is 11.2. The zero-order valence-electron chi connectivity index (χ0n) is 14.8. The molecular weight excluding hydrogens is 312 g/mol. The van der Waals surface area contributed by atoms with Crippen LogP contribution in [0.25, 0.3) is 0 Å². The Kier molecular flexibility index (Phi) is 8.23. The lowest BCUT2D eigenvalue weighted by atomic mass is 10.1. The molecule has 1 N–H and O–H groups in total. The van der Waals surface area contributed by atoms with Crippen molar-refractivity contribution < 1.29 is 14.3 Å². The average Bonchev–Trinajstić information content (AvgIpc) is 2.46. The third-order valence-corrected chi connectivity index (χ3v) is 4.08. The van der Waals surface area contributed by atoms with Crippen molar-refractivity contribution in [2.75, 3.05) is 12.9 Å². The fourth-order valence-corrected chi connectivity index (χ4v) is 2.89. The molecule has 0 spiro atoms. The number of rotatable bonds is 8. The van der Waals surface area contributed by atoms with Crippen molar-refractivity contribution in [3.05, 3.63) is 12.3 Å². The molecule has 1 aromatic rings. The molecule has 1 heterocycles. The van der Waals surface area contributed by atoms with Crippen LogP contribution in [-0.2, 0) is 0 Å². The highest BCUT2D eigenvalue weighted by Crippen LogP contribution is 2.36. The van der Waals surface area contributed by atoms with E-state index in [1.807, 2.05) is 26.8 Å². The van der Waals surface area contributed by atoms with Gasteiger partial charge in [0.25, 0.3) is 5.88 Å². The standard InChI is InChI=1S/C17H28N2O3S/c1-6-7-8-9-12-23-13-10-11-18-15(21-5)14(13)22-16(20)19-17(2,3)4/h10-11H,6-9,12H2,1-5H3,(H,19,20). The monoisotopic (exact) mass is 340 g/mol. The van der Waals surface area contributed by atoms with Gasteiger partial charge in [-0.2, -0.15) is 0 Å². The van der Waals surface area contributed by atoms with Gasteiger partial charge in [0.1, 0.15) is 0 Å². The van der Waals surface area contributed by atoms with Gasteiger partial charge in [-0.15, -0.1) is 11.8 Å². The summed E-state index contributed by atoms with van der Waals surface area (Å²) < 4.78 is 10.7. The number of nitrogens with one attached hydrogen (secondary N) is 1. The maximum absolute atomic E-state index is 12.0. The van der Waals surface area contributed by atoms with E-state index in [1.54, 1.807) is 18.0 Å². The van der Waals surface area contributed by atoms with Crippen LogP contribution in [0, 0.1) is 0 Å². The molecule has 0 aliphatic heterocycles. The van der Waals surface area contributed by atoms with Crippen LogP contribution in [0.4, 0.5) is 4.79 Å². The van der Waals surface area contributed by atoms with Crippen LogP contribution in [-0.4, -0.2) is 29.5 Å². The Hall–Kier alpha value is -1.43. The third kappa shape index (κ3) is 7.59. The number of hydrogen-bond acceptors (Lipinski definition) is 5. The molecule has 0 aliphatic carbocycles. The Balaban J connectivity index is 2.76. The number of hydrogen-bond donors (Lipinski definition) is 1. The largest absolute Gasteiger partial charge is 0.478 e. The summed E-state index contributed by atoms with van der Waals surface area (Å²) in [5.41, 5.74) is -0.361. The zero-order valence-corrected chi connectivity index (χ0v) is 15.6. The highest BCUT2D eigenvalue weighted by molar-refractivity contribution is 7.99. The summed E-state index contributed by atoms with van der Waals surface area (Å²) in [6, 6.07) is 1.85. The highest BCUT2D eigenvalue weighted by atomic mass is 32.2. The first-order chi connectivity index (χ1) is 10.9. The maximum Gasteiger partial charge on any atom is 0.413 e. The van der Waals surface area contributed by atoms with Gasteiger partial charge in [-0.05, 0) is 39.0 Å². The molecule has 0 bridgehead atoms. The van der Waals surface area contributed by atoms with Crippen LogP contribution in [0.3, 0.4) is 0 Å². The minimum absolute atomic E-state index is 0.326. The molecule has 0 saturated heterocycles. The summed E-state index contributed by atoms with van der Waals surface area (Å²) in [5.74, 6) is 1.69. The van der Waals surface area contributed by atoms with Crippen LogP contribution < -0.4 is 14.8 Å². The van der Waals surface area contributed by atoms with Gasteiger partial charge in [0.2, 0.25) is 5.75 Å². The van der Waals surface area contributed by atoms with Gasteiger partial charge in [-0.25, -0.2) is 9.78 Å². The van der Waals surface area contributed by atoms with E-state index >= 15 is 0 Å². The molecule has 130 valence electrons. The van der Waals surface area contributed by atoms with Gasteiger partial charge in [0, 0.05) is 11.7 Å². The maximum atomic E-state index is 12.0. The molecule has 0 aromatic carbocycles. The predicted molar refractivity (Wildman–Crippen MR) is 94.6 cm³/mol. The van der Waals surface area contributed by atoms with E-state index < -0.39 is 6.09 Å². The second-order valence-electron chi connectivity index (χ2n) is 6.32. The third-order valence-electron chi connectivity index (χ3n) is 2.96. The second kappa shape index (κ2) is 9.65. The molecule has 0 aliphatic rings. The molecule has 6 heteroatoms. The van der Waals surface area contributed by atoms with Crippen LogP contribution >= 0.6 is 11.8 Å². The Bertz CT molecular complexity index is 501. The first-order valence-electron chi connectivity index (χ1n) is 8.03. The zero-order chi connectivity index (χ0) is 17.3. The molecule has 1 rings (SSSR count). The van der Waals surface area contributed by atoms with Gasteiger partial charge in [0.15, 0.2) is 0 Å². The van der Waals surface area contributed by atoms with Gasteiger partial charge in [-0.3, -0.25) is 0 Å². The number of methoxy groups -OCH3 is 1. The van der Waals surface area contributed by atoms with Crippen LogP contribution in [0.2, 0.25) is 0 Å². The van der Waals surface area contributed by atoms with E-state index in [4.69, 9.17) is 9.47 Å². The molecule has 0 radical (unpaired) electrons. The summed E-state index contributed by atoms with van der Waals surface area (Å²) in [6.45, 7) is 7.90. The minimum atomic E-state index is -0.503. The first-order valence-corrected chi connectivity index (χ1v) is 9.01. The molecular formula is C17H28N2O3S. The SMILES string of the molecule is CCCCCCSc1ccnc(OC)c1OC(=O)NC(C)(C)C. The smallest absolute Gasteiger partial charge is 0.413 e. The quantitative estimate of drug-likeness (QED) is 0.551. The van der Waals surface area contributed by atoms with Crippen molar-refractivity contribution in [2.45, 2.75) is 63.8 Å². The van der Waals surface area contributed by atoms with E-state index in [-0.39, 0.29) is 5.54 Å². The Morgan fingerprint density at radius 2 is 2.04 bits per heavy atom. The van der Waals surface area contributed by atoms with E-state index in [0.29, 0.717) is 11.6 Å². The summed E-state index contributed by atoms with van der Waals surface area (Å²) >= 11 is 1.66. The lowest BCUT2D eigenvalue weighted by Crippen LogP contribution is -2.42. The van der Waals surface area contributed by atoms with Crippen LogP contribution in [0.15, 0.2) is 17.2 Å². The first kappa shape index (κ1) is 19.6. The summed E-state index contributed by atoms with van der Waals surface area (Å²) in [7, 11) is 1.52. The fraction of sp³-hybridized carbons (Fsp3) is 0.647. The number of carbonyl (C=O) groups is 1. The number of nitrogens with zero attached hydrogens (tertiary/aromatic N) is 1. The second-order valence-corrected chi connectivity index (χ2v) is 7.46. The molecule has 0 atom stereocenters.